The molecule has 0 aromatic heterocycles. The molecule has 2 aromatic carbocycles. The summed E-state index contributed by atoms with van der Waals surface area (Å²) < 4.78 is 37.8. The Morgan fingerprint density at radius 2 is 1.82 bits per heavy atom. The van der Waals surface area contributed by atoms with E-state index >= 15 is 0 Å². The second kappa shape index (κ2) is 9.37. The number of carbonyl (C=O) groups excluding carboxylic acids is 1. The number of benzene rings is 2. The molecule has 0 bridgehead atoms. The van der Waals surface area contributed by atoms with Crippen LogP contribution in [0.1, 0.15) is 12.0 Å². The van der Waals surface area contributed by atoms with Crippen LogP contribution in [0.15, 0.2) is 51.8 Å². The first kappa shape index (κ1) is 21.3. The van der Waals surface area contributed by atoms with Crippen LogP contribution < -0.4 is 4.74 Å². The van der Waals surface area contributed by atoms with Gasteiger partial charge in [-0.2, -0.15) is 4.31 Å². The number of hydrogen-bond donors (Lipinski definition) is 0. The van der Waals surface area contributed by atoms with Gasteiger partial charge < -0.3 is 9.47 Å². The van der Waals surface area contributed by atoms with E-state index in [9.17, 15) is 13.2 Å². The van der Waals surface area contributed by atoms with Gasteiger partial charge in [0.1, 0.15) is 5.75 Å². The minimum atomic E-state index is -3.51. The van der Waals surface area contributed by atoms with Gasteiger partial charge in [0.2, 0.25) is 10.0 Å². The molecule has 0 radical (unpaired) electrons. The van der Waals surface area contributed by atoms with Gasteiger partial charge >= 0.3 is 5.97 Å². The molecule has 1 aliphatic heterocycles. The van der Waals surface area contributed by atoms with E-state index in [2.05, 4.69) is 15.9 Å². The summed E-state index contributed by atoms with van der Waals surface area (Å²) in [6.07, 6.45) is 0.618. The molecule has 0 atom stereocenters. The van der Waals surface area contributed by atoms with Crippen molar-refractivity contribution in [1.29, 1.82) is 0 Å². The smallest absolute Gasteiger partial charge is 0.311 e. The number of sulfonamides is 1. The molecule has 0 amide bonds. The van der Waals surface area contributed by atoms with E-state index in [-0.39, 0.29) is 17.3 Å². The van der Waals surface area contributed by atoms with Crippen LogP contribution in [-0.2, 0) is 26.0 Å². The molecule has 9 heteroatoms. The number of aryl methyl sites for hydroxylation is 1. The summed E-state index contributed by atoms with van der Waals surface area (Å²) in [6.45, 7) is 1.53. The molecule has 28 heavy (non-hydrogen) atoms. The Bertz CT molecular complexity index is 943. The second-order valence-corrected chi connectivity index (χ2v) is 9.44. The van der Waals surface area contributed by atoms with Gasteiger partial charge in [-0.05, 0) is 58.2 Å². The second-order valence-electron chi connectivity index (χ2n) is 6.21. The van der Waals surface area contributed by atoms with E-state index in [0.29, 0.717) is 48.0 Å². The molecule has 150 valence electrons. The number of morpholine rings is 1. The first-order valence-electron chi connectivity index (χ1n) is 8.69. The SMILES string of the molecule is O=C(CCc1ccc(S(=O)(=O)N2CCOCC2)cc1)Oc1ccc(Cl)cc1Br. The number of carbonyl (C=O) groups is 1. The van der Waals surface area contributed by atoms with E-state index in [0.717, 1.165) is 5.56 Å². The third-order valence-electron chi connectivity index (χ3n) is 4.27. The fourth-order valence-electron chi connectivity index (χ4n) is 2.74. The molecule has 0 aliphatic carbocycles. The topological polar surface area (TPSA) is 72.9 Å². The van der Waals surface area contributed by atoms with Crippen LogP contribution in [0.4, 0.5) is 0 Å². The summed E-state index contributed by atoms with van der Waals surface area (Å²) in [7, 11) is -3.51. The van der Waals surface area contributed by atoms with Gasteiger partial charge in [0.05, 0.1) is 22.6 Å². The van der Waals surface area contributed by atoms with Crippen molar-refractivity contribution < 1.29 is 22.7 Å². The quantitative estimate of drug-likeness (QED) is 0.458. The zero-order chi connectivity index (χ0) is 20.1. The Morgan fingerprint density at radius 3 is 2.46 bits per heavy atom. The van der Waals surface area contributed by atoms with Crippen molar-refractivity contribution in [3.8, 4) is 5.75 Å². The maximum Gasteiger partial charge on any atom is 0.311 e. The maximum absolute atomic E-state index is 12.6. The summed E-state index contributed by atoms with van der Waals surface area (Å²) in [5.74, 6) is 0.0226. The molecular weight excluding hydrogens is 470 g/mol. The van der Waals surface area contributed by atoms with Gasteiger partial charge in [-0.3, -0.25) is 4.79 Å². The number of rotatable bonds is 6. The molecule has 1 saturated heterocycles. The third kappa shape index (κ3) is 5.33. The van der Waals surface area contributed by atoms with E-state index in [1.807, 2.05) is 0 Å². The zero-order valence-corrected chi connectivity index (χ0v) is 18.1. The van der Waals surface area contributed by atoms with Gasteiger partial charge in [0, 0.05) is 24.5 Å². The summed E-state index contributed by atoms with van der Waals surface area (Å²) in [5, 5.41) is 0.541. The minimum absolute atomic E-state index is 0.171. The van der Waals surface area contributed by atoms with Crippen molar-refractivity contribution in [3.63, 3.8) is 0 Å². The highest BCUT2D eigenvalue weighted by molar-refractivity contribution is 9.10. The zero-order valence-electron chi connectivity index (χ0n) is 14.9. The lowest BCUT2D eigenvalue weighted by molar-refractivity contribution is -0.134. The van der Waals surface area contributed by atoms with Crippen LogP contribution in [0.25, 0.3) is 0 Å². The average Bonchev–Trinajstić information content (AvgIpc) is 2.69. The standard InChI is InChI=1S/C19H19BrClNO5S/c20-17-13-15(21)4-7-18(17)27-19(23)8-3-14-1-5-16(6-2-14)28(24,25)22-9-11-26-12-10-22/h1-2,4-7,13H,3,8-12H2. The van der Waals surface area contributed by atoms with Crippen LogP contribution in [0.2, 0.25) is 5.02 Å². The van der Waals surface area contributed by atoms with E-state index in [1.165, 1.54) is 4.31 Å². The van der Waals surface area contributed by atoms with Crippen LogP contribution in [0, 0.1) is 0 Å². The van der Waals surface area contributed by atoms with Gasteiger partial charge in [0.15, 0.2) is 0 Å². The Balaban J connectivity index is 1.57. The Morgan fingerprint density at radius 1 is 1.14 bits per heavy atom. The highest BCUT2D eigenvalue weighted by atomic mass is 79.9. The van der Waals surface area contributed by atoms with Crippen molar-refractivity contribution in [2.24, 2.45) is 0 Å². The summed E-state index contributed by atoms with van der Waals surface area (Å²) >= 11 is 9.17. The molecular formula is C19H19BrClNO5S. The van der Waals surface area contributed by atoms with E-state index in [4.69, 9.17) is 21.1 Å². The predicted octanol–water partition coefficient (Wildman–Crippen LogP) is 3.66. The number of ether oxygens (including phenoxy) is 2. The fourth-order valence-corrected chi connectivity index (χ4v) is 4.91. The highest BCUT2D eigenvalue weighted by Crippen LogP contribution is 2.28. The number of halogens is 2. The first-order chi connectivity index (χ1) is 13.4. The minimum Gasteiger partial charge on any atom is -0.425 e. The summed E-state index contributed by atoms with van der Waals surface area (Å²) in [4.78, 5) is 12.3. The Labute approximate surface area is 177 Å². The average molecular weight is 489 g/mol. The Kier molecular flexibility index (Phi) is 7.11. The lowest BCUT2D eigenvalue weighted by atomic mass is 10.1. The van der Waals surface area contributed by atoms with Crippen molar-refractivity contribution in [1.82, 2.24) is 4.31 Å². The fraction of sp³-hybridized carbons (Fsp3) is 0.316. The molecule has 6 nitrogen and oxygen atoms in total. The van der Waals surface area contributed by atoms with Crippen LogP contribution in [0.5, 0.6) is 5.75 Å². The van der Waals surface area contributed by atoms with Gasteiger partial charge in [-0.25, -0.2) is 8.42 Å². The molecule has 0 spiro atoms. The molecule has 1 fully saturated rings. The van der Waals surface area contributed by atoms with Gasteiger partial charge in [-0.1, -0.05) is 23.7 Å². The van der Waals surface area contributed by atoms with Crippen molar-refractivity contribution >= 4 is 43.5 Å². The van der Waals surface area contributed by atoms with Crippen molar-refractivity contribution in [2.45, 2.75) is 17.7 Å². The lowest BCUT2D eigenvalue weighted by Gasteiger charge is -2.26. The maximum atomic E-state index is 12.6. The molecule has 2 aromatic rings. The van der Waals surface area contributed by atoms with E-state index in [1.54, 1.807) is 42.5 Å². The van der Waals surface area contributed by atoms with Crippen LogP contribution in [0.3, 0.4) is 0 Å². The summed E-state index contributed by atoms with van der Waals surface area (Å²) in [5.41, 5.74) is 0.855. The molecule has 1 heterocycles. The van der Waals surface area contributed by atoms with Crippen LogP contribution >= 0.6 is 27.5 Å². The number of nitrogens with zero attached hydrogens (tertiary/aromatic N) is 1. The molecule has 0 N–H and O–H groups in total. The largest absolute Gasteiger partial charge is 0.425 e. The lowest BCUT2D eigenvalue weighted by Crippen LogP contribution is -2.40. The summed E-state index contributed by atoms with van der Waals surface area (Å²) in [6, 6.07) is 11.5. The number of hydrogen-bond acceptors (Lipinski definition) is 5. The Hall–Kier alpha value is -1.45. The first-order valence-corrected chi connectivity index (χ1v) is 11.3. The van der Waals surface area contributed by atoms with E-state index < -0.39 is 10.0 Å². The molecule has 1 aliphatic rings. The van der Waals surface area contributed by atoms with Crippen LogP contribution in [-0.4, -0.2) is 45.0 Å². The van der Waals surface area contributed by atoms with Crippen molar-refractivity contribution in [2.75, 3.05) is 26.3 Å². The molecule has 0 saturated carbocycles. The number of esters is 1. The monoisotopic (exact) mass is 487 g/mol. The molecule has 0 unspecified atom stereocenters. The van der Waals surface area contributed by atoms with Gasteiger partial charge in [-0.15, -0.1) is 0 Å². The highest BCUT2D eigenvalue weighted by Gasteiger charge is 2.26. The molecule has 3 rings (SSSR count). The van der Waals surface area contributed by atoms with Crippen molar-refractivity contribution in [3.05, 3.63) is 57.5 Å². The third-order valence-corrected chi connectivity index (χ3v) is 7.03. The van der Waals surface area contributed by atoms with Gasteiger partial charge in [0.25, 0.3) is 0 Å². The predicted molar refractivity (Wildman–Crippen MR) is 109 cm³/mol. The normalized spacial score (nSPS) is 15.4.